The van der Waals surface area contributed by atoms with Crippen molar-refractivity contribution in [2.45, 2.75) is 38.5 Å². The number of carbonyl (C=O) groups is 1. The molecule has 0 bridgehead atoms. The summed E-state index contributed by atoms with van der Waals surface area (Å²) in [5, 5.41) is 13.4. The number of carboxylic acids is 1. The number of hydrogen-bond donors (Lipinski definition) is 1. The molecule has 3 rings (SSSR count). The average Bonchev–Trinajstić information content (AvgIpc) is 2.95. The Bertz CT molecular complexity index is 614. The van der Waals surface area contributed by atoms with Gasteiger partial charge in [-0.2, -0.15) is 5.10 Å². The van der Waals surface area contributed by atoms with Crippen molar-refractivity contribution < 1.29 is 9.90 Å². The van der Waals surface area contributed by atoms with Gasteiger partial charge in [0.25, 0.3) is 0 Å². The maximum atomic E-state index is 11.1. The fourth-order valence-electron chi connectivity index (χ4n) is 3.28. The molecule has 1 N–H and O–H groups in total. The summed E-state index contributed by atoms with van der Waals surface area (Å²) in [6.07, 6.45) is 7.61. The zero-order valence-corrected chi connectivity index (χ0v) is 11.6. The van der Waals surface area contributed by atoms with Crippen LogP contribution in [0.15, 0.2) is 24.5 Å². The zero-order valence-electron chi connectivity index (χ0n) is 11.6. The lowest BCUT2D eigenvalue weighted by molar-refractivity contribution is -0.143. The first kappa shape index (κ1) is 13.1. The van der Waals surface area contributed by atoms with Gasteiger partial charge in [-0.3, -0.25) is 4.79 Å². The molecule has 1 fully saturated rings. The normalized spacial score (nSPS) is 24.6. The van der Waals surface area contributed by atoms with Crippen molar-refractivity contribution >= 4 is 11.6 Å². The van der Waals surface area contributed by atoms with E-state index in [1.165, 1.54) is 5.69 Å². The molecule has 0 aliphatic heterocycles. The molecule has 0 aromatic carbocycles. The molecule has 1 saturated carbocycles. The third kappa shape index (κ3) is 2.28. The molecular formula is C15H19N3O2. The highest BCUT2D eigenvalue weighted by atomic mass is 16.4. The van der Waals surface area contributed by atoms with Crippen molar-refractivity contribution in [2.75, 3.05) is 0 Å². The van der Waals surface area contributed by atoms with Crippen LogP contribution >= 0.6 is 0 Å². The van der Waals surface area contributed by atoms with Gasteiger partial charge in [0.1, 0.15) is 0 Å². The fraction of sp³-hybridized carbons (Fsp3) is 0.533. The van der Waals surface area contributed by atoms with Crippen LogP contribution in [-0.4, -0.2) is 25.7 Å². The molecule has 20 heavy (non-hydrogen) atoms. The third-order valence-electron chi connectivity index (χ3n) is 4.61. The van der Waals surface area contributed by atoms with E-state index in [0.29, 0.717) is 11.8 Å². The molecule has 2 heterocycles. The molecule has 0 saturated heterocycles. The van der Waals surface area contributed by atoms with E-state index in [2.05, 4.69) is 10.1 Å². The number of rotatable bonds is 3. The molecule has 2 aromatic rings. The number of hydrogen-bond acceptors (Lipinski definition) is 3. The first-order valence-corrected chi connectivity index (χ1v) is 7.18. The maximum absolute atomic E-state index is 11.1. The molecule has 0 radical (unpaired) electrons. The lowest BCUT2D eigenvalue weighted by atomic mass is 9.75. The van der Waals surface area contributed by atoms with Crippen LogP contribution in [0.25, 0.3) is 5.65 Å². The molecule has 0 unspecified atom stereocenters. The third-order valence-corrected chi connectivity index (χ3v) is 4.61. The Kier molecular flexibility index (Phi) is 3.42. The van der Waals surface area contributed by atoms with E-state index in [1.807, 2.05) is 29.8 Å². The van der Waals surface area contributed by atoms with Crippen molar-refractivity contribution in [2.24, 2.45) is 11.8 Å². The van der Waals surface area contributed by atoms with Crippen molar-refractivity contribution in [3.8, 4) is 0 Å². The Balaban J connectivity index is 1.75. The summed E-state index contributed by atoms with van der Waals surface area (Å²) in [6.45, 7) is 1.82. The first-order valence-electron chi connectivity index (χ1n) is 7.18. The minimum atomic E-state index is -0.674. The first-order chi connectivity index (χ1) is 9.66. The van der Waals surface area contributed by atoms with Crippen molar-refractivity contribution in [1.82, 2.24) is 14.6 Å². The SMILES string of the molecule is C[C@@H](C(=O)O)C1CCC(c2ccnc3ccnn23)CC1. The molecule has 0 spiro atoms. The maximum Gasteiger partial charge on any atom is 0.306 e. The second kappa shape index (κ2) is 5.23. The summed E-state index contributed by atoms with van der Waals surface area (Å²) in [4.78, 5) is 15.4. The molecule has 5 heteroatoms. The standard InChI is InChI=1S/C15H19N3O2/c1-10(15(19)20)11-2-4-12(5-3-11)13-6-8-16-14-7-9-17-18(13)14/h6-12H,2-5H2,1H3,(H,19,20)/t10-,11?,12?/m1/s1. The van der Waals surface area contributed by atoms with Gasteiger partial charge >= 0.3 is 5.97 Å². The van der Waals surface area contributed by atoms with E-state index >= 15 is 0 Å². The second-order valence-corrected chi connectivity index (χ2v) is 5.71. The van der Waals surface area contributed by atoms with Gasteiger partial charge in [0.2, 0.25) is 0 Å². The van der Waals surface area contributed by atoms with E-state index < -0.39 is 5.97 Å². The summed E-state index contributed by atoms with van der Waals surface area (Å²) in [6, 6.07) is 3.94. The van der Waals surface area contributed by atoms with E-state index in [4.69, 9.17) is 5.11 Å². The van der Waals surface area contributed by atoms with Gasteiger partial charge in [0.15, 0.2) is 5.65 Å². The summed E-state index contributed by atoms with van der Waals surface area (Å²) in [5.74, 6) is -0.152. The van der Waals surface area contributed by atoms with E-state index in [0.717, 1.165) is 31.3 Å². The predicted octanol–water partition coefficient (Wildman–Crippen LogP) is 2.72. The quantitative estimate of drug-likeness (QED) is 0.933. The lowest BCUT2D eigenvalue weighted by Crippen LogP contribution is -2.25. The smallest absolute Gasteiger partial charge is 0.306 e. The van der Waals surface area contributed by atoms with Crippen LogP contribution in [-0.2, 0) is 4.79 Å². The Hall–Kier alpha value is -1.91. The van der Waals surface area contributed by atoms with Crippen LogP contribution in [0, 0.1) is 11.8 Å². The number of aromatic nitrogens is 3. The average molecular weight is 273 g/mol. The van der Waals surface area contributed by atoms with E-state index in [1.54, 1.807) is 6.20 Å². The van der Waals surface area contributed by atoms with Gasteiger partial charge in [0, 0.05) is 23.9 Å². The second-order valence-electron chi connectivity index (χ2n) is 5.71. The zero-order chi connectivity index (χ0) is 14.1. The highest BCUT2D eigenvalue weighted by Gasteiger charge is 2.30. The Morgan fingerprint density at radius 2 is 2.05 bits per heavy atom. The summed E-state index contributed by atoms with van der Waals surface area (Å²) in [7, 11) is 0. The van der Waals surface area contributed by atoms with Crippen molar-refractivity contribution in [3.05, 3.63) is 30.2 Å². The van der Waals surface area contributed by atoms with Crippen LogP contribution < -0.4 is 0 Å². The topological polar surface area (TPSA) is 67.5 Å². The summed E-state index contributed by atoms with van der Waals surface area (Å²) >= 11 is 0. The lowest BCUT2D eigenvalue weighted by Gasteiger charge is -2.30. The molecule has 5 nitrogen and oxygen atoms in total. The molecule has 1 aliphatic rings. The number of fused-ring (bicyclic) bond motifs is 1. The van der Waals surface area contributed by atoms with Crippen LogP contribution in [0.2, 0.25) is 0 Å². The predicted molar refractivity (Wildman–Crippen MR) is 74.5 cm³/mol. The molecule has 2 aromatic heterocycles. The highest BCUT2D eigenvalue weighted by molar-refractivity contribution is 5.69. The number of aliphatic carboxylic acids is 1. The minimum Gasteiger partial charge on any atom is -0.481 e. The molecule has 0 amide bonds. The van der Waals surface area contributed by atoms with Gasteiger partial charge in [-0.25, -0.2) is 9.50 Å². The molecule has 106 valence electrons. The van der Waals surface area contributed by atoms with E-state index in [9.17, 15) is 4.79 Å². The summed E-state index contributed by atoms with van der Waals surface area (Å²) in [5.41, 5.74) is 2.07. The fourth-order valence-corrected chi connectivity index (χ4v) is 3.28. The molecular weight excluding hydrogens is 254 g/mol. The molecule has 1 atom stereocenters. The monoisotopic (exact) mass is 273 g/mol. The van der Waals surface area contributed by atoms with Gasteiger partial charge in [-0.15, -0.1) is 0 Å². The van der Waals surface area contributed by atoms with Crippen LogP contribution in [0.4, 0.5) is 0 Å². The highest BCUT2D eigenvalue weighted by Crippen LogP contribution is 2.38. The van der Waals surface area contributed by atoms with Gasteiger partial charge in [-0.05, 0) is 37.7 Å². The van der Waals surface area contributed by atoms with Crippen LogP contribution in [0.1, 0.15) is 44.2 Å². The van der Waals surface area contributed by atoms with Gasteiger partial charge < -0.3 is 5.11 Å². The van der Waals surface area contributed by atoms with Gasteiger partial charge in [-0.1, -0.05) is 6.92 Å². The largest absolute Gasteiger partial charge is 0.481 e. The van der Waals surface area contributed by atoms with Gasteiger partial charge in [0.05, 0.1) is 12.1 Å². The van der Waals surface area contributed by atoms with Crippen LogP contribution in [0.3, 0.4) is 0 Å². The number of nitrogens with zero attached hydrogens (tertiary/aromatic N) is 3. The van der Waals surface area contributed by atoms with E-state index in [-0.39, 0.29) is 5.92 Å². The van der Waals surface area contributed by atoms with Crippen molar-refractivity contribution in [3.63, 3.8) is 0 Å². The minimum absolute atomic E-state index is 0.238. The Labute approximate surface area is 117 Å². The van der Waals surface area contributed by atoms with Crippen molar-refractivity contribution in [1.29, 1.82) is 0 Å². The molecule has 1 aliphatic carbocycles. The van der Waals surface area contributed by atoms with Crippen LogP contribution in [0.5, 0.6) is 0 Å². The Morgan fingerprint density at radius 3 is 2.75 bits per heavy atom. The Morgan fingerprint density at radius 1 is 1.30 bits per heavy atom. The summed E-state index contributed by atoms with van der Waals surface area (Å²) < 4.78 is 1.91. The number of carboxylic acid groups (broad SMARTS) is 1.